The van der Waals surface area contributed by atoms with Crippen molar-refractivity contribution in [1.29, 1.82) is 0 Å². The topological polar surface area (TPSA) is 49.3 Å². The molecule has 0 amide bonds. The van der Waals surface area contributed by atoms with Crippen LogP contribution in [-0.4, -0.2) is 18.0 Å². The van der Waals surface area contributed by atoms with E-state index in [0.717, 1.165) is 16.8 Å². The zero-order valence-electron chi connectivity index (χ0n) is 13.6. The summed E-state index contributed by atoms with van der Waals surface area (Å²) in [6, 6.07) is 3.65. The van der Waals surface area contributed by atoms with E-state index in [1.165, 1.54) is 10.9 Å². The van der Waals surface area contributed by atoms with Gasteiger partial charge in [-0.25, -0.2) is 13.8 Å². The maximum absolute atomic E-state index is 13.3. The zero-order chi connectivity index (χ0) is 17.0. The minimum Gasteiger partial charge on any atom is -0.350 e. The van der Waals surface area contributed by atoms with Crippen molar-refractivity contribution in [2.24, 2.45) is 4.99 Å². The lowest BCUT2D eigenvalue weighted by atomic mass is 10.1. The summed E-state index contributed by atoms with van der Waals surface area (Å²) in [7, 11) is 1.66. The predicted molar refractivity (Wildman–Crippen MR) is 89.7 cm³/mol. The van der Waals surface area contributed by atoms with E-state index >= 15 is 0 Å². The van der Waals surface area contributed by atoms with Crippen molar-refractivity contribution in [3.05, 3.63) is 51.0 Å². The molecule has 7 heteroatoms. The number of aromatic nitrogens is 1. The standard InChI is InChI=1S/C16H20F2N4S/c1-9-11(3)23-15(21-9)8-20-16(19-4)22-10(2)12-5-6-13(17)14(18)7-12/h5-7,10H,8H2,1-4H3,(H2,19,20,22). The van der Waals surface area contributed by atoms with Crippen LogP contribution in [-0.2, 0) is 6.54 Å². The summed E-state index contributed by atoms with van der Waals surface area (Å²) in [4.78, 5) is 9.79. The maximum Gasteiger partial charge on any atom is 0.191 e. The second-order valence-corrected chi connectivity index (χ2v) is 6.50. The number of guanidine groups is 1. The summed E-state index contributed by atoms with van der Waals surface area (Å²) in [6.07, 6.45) is 0. The summed E-state index contributed by atoms with van der Waals surface area (Å²) in [5, 5.41) is 7.30. The van der Waals surface area contributed by atoms with Crippen molar-refractivity contribution in [1.82, 2.24) is 15.6 Å². The number of halogens is 2. The molecule has 0 bridgehead atoms. The summed E-state index contributed by atoms with van der Waals surface area (Å²) >= 11 is 1.64. The van der Waals surface area contributed by atoms with Gasteiger partial charge in [-0.3, -0.25) is 4.99 Å². The van der Waals surface area contributed by atoms with Crippen molar-refractivity contribution < 1.29 is 8.78 Å². The molecule has 2 N–H and O–H groups in total. The number of hydrogen-bond donors (Lipinski definition) is 2. The van der Waals surface area contributed by atoms with E-state index in [0.29, 0.717) is 18.1 Å². The van der Waals surface area contributed by atoms with E-state index in [1.807, 2.05) is 20.8 Å². The van der Waals surface area contributed by atoms with E-state index < -0.39 is 11.6 Å². The molecular weight excluding hydrogens is 318 g/mol. The maximum atomic E-state index is 13.3. The minimum atomic E-state index is -0.854. The molecule has 1 unspecified atom stereocenters. The number of hydrogen-bond acceptors (Lipinski definition) is 3. The monoisotopic (exact) mass is 338 g/mol. The van der Waals surface area contributed by atoms with E-state index in [-0.39, 0.29) is 6.04 Å². The zero-order valence-corrected chi connectivity index (χ0v) is 14.4. The molecule has 0 aliphatic carbocycles. The molecule has 0 fully saturated rings. The number of thiazole rings is 1. The summed E-state index contributed by atoms with van der Waals surface area (Å²) in [6.45, 7) is 6.43. The van der Waals surface area contributed by atoms with Crippen LogP contribution in [0.15, 0.2) is 23.2 Å². The Hall–Kier alpha value is -2.02. The fourth-order valence-electron chi connectivity index (χ4n) is 2.04. The molecule has 0 aliphatic heterocycles. The lowest BCUT2D eigenvalue weighted by molar-refractivity contribution is 0.504. The number of benzene rings is 1. The van der Waals surface area contributed by atoms with Crippen LogP contribution in [0, 0.1) is 25.5 Å². The third-order valence-corrected chi connectivity index (χ3v) is 4.57. The molecule has 2 aromatic rings. The fourth-order valence-corrected chi connectivity index (χ4v) is 2.91. The van der Waals surface area contributed by atoms with Gasteiger partial charge in [0.2, 0.25) is 0 Å². The number of rotatable bonds is 4. The Balaban J connectivity index is 1.97. The number of nitrogens with one attached hydrogen (secondary N) is 2. The molecule has 1 heterocycles. The van der Waals surface area contributed by atoms with E-state index in [2.05, 4.69) is 20.6 Å². The SMILES string of the molecule is CN=C(NCc1nc(C)c(C)s1)NC(C)c1ccc(F)c(F)c1. The van der Waals surface area contributed by atoms with Gasteiger partial charge in [-0.2, -0.15) is 0 Å². The van der Waals surface area contributed by atoms with Crippen LogP contribution < -0.4 is 10.6 Å². The molecule has 0 saturated carbocycles. The molecule has 0 aliphatic rings. The molecule has 2 rings (SSSR count). The first-order valence-corrected chi connectivity index (χ1v) is 8.07. The second kappa shape index (κ2) is 7.50. The molecule has 1 aromatic carbocycles. The highest BCUT2D eigenvalue weighted by Gasteiger charge is 2.11. The van der Waals surface area contributed by atoms with Crippen molar-refractivity contribution in [3.8, 4) is 0 Å². The van der Waals surface area contributed by atoms with Crippen LogP contribution in [0.5, 0.6) is 0 Å². The van der Waals surface area contributed by atoms with Gasteiger partial charge in [0.05, 0.1) is 18.3 Å². The first kappa shape index (κ1) is 17.3. The molecule has 23 heavy (non-hydrogen) atoms. The van der Waals surface area contributed by atoms with Crippen LogP contribution in [0.4, 0.5) is 8.78 Å². The number of aliphatic imine (C=N–C) groups is 1. The van der Waals surface area contributed by atoms with Crippen molar-refractivity contribution in [3.63, 3.8) is 0 Å². The Morgan fingerprint density at radius 3 is 2.61 bits per heavy atom. The number of aryl methyl sites for hydroxylation is 2. The molecular formula is C16H20F2N4S. The van der Waals surface area contributed by atoms with Crippen molar-refractivity contribution in [2.45, 2.75) is 33.4 Å². The van der Waals surface area contributed by atoms with E-state index in [9.17, 15) is 8.78 Å². The molecule has 0 radical (unpaired) electrons. The van der Waals surface area contributed by atoms with Crippen LogP contribution in [0.1, 0.15) is 34.1 Å². The Morgan fingerprint density at radius 2 is 2.04 bits per heavy atom. The molecule has 1 atom stereocenters. The highest BCUT2D eigenvalue weighted by Crippen LogP contribution is 2.17. The molecule has 0 saturated heterocycles. The molecule has 4 nitrogen and oxygen atoms in total. The Kier molecular flexibility index (Phi) is 5.65. The lowest BCUT2D eigenvalue weighted by Gasteiger charge is -2.18. The van der Waals surface area contributed by atoms with Gasteiger partial charge in [0, 0.05) is 11.9 Å². The number of nitrogens with zero attached hydrogens (tertiary/aromatic N) is 2. The Bertz CT molecular complexity index is 693. The van der Waals surface area contributed by atoms with Gasteiger partial charge in [0.15, 0.2) is 17.6 Å². The van der Waals surface area contributed by atoms with Crippen molar-refractivity contribution in [2.75, 3.05) is 7.05 Å². The average molecular weight is 338 g/mol. The minimum absolute atomic E-state index is 0.212. The summed E-state index contributed by atoms with van der Waals surface area (Å²) in [5.41, 5.74) is 1.68. The third kappa shape index (κ3) is 4.48. The largest absolute Gasteiger partial charge is 0.350 e. The Morgan fingerprint density at radius 1 is 1.30 bits per heavy atom. The van der Waals surface area contributed by atoms with Gasteiger partial charge in [-0.15, -0.1) is 11.3 Å². The highest BCUT2D eigenvalue weighted by atomic mass is 32.1. The first-order chi connectivity index (χ1) is 10.9. The highest BCUT2D eigenvalue weighted by molar-refractivity contribution is 7.11. The fraction of sp³-hybridized carbons (Fsp3) is 0.375. The quantitative estimate of drug-likeness (QED) is 0.663. The van der Waals surface area contributed by atoms with E-state index in [4.69, 9.17) is 0 Å². The van der Waals surface area contributed by atoms with Crippen LogP contribution in [0.3, 0.4) is 0 Å². The van der Waals surface area contributed by atoms with Gasteiger partial charge in [0.1, 0.15) is 5.01 Å². The third-order valence-electron chi connectivity index (χ3n) is 3.50. The van der Waals surface area contributed by atoms with Gasteiger partial charge < -0.3 is 10.6 Å². The molecule has 124 valence electrons. The van der Waals surface area contributed by atoms with Gasteiger partial charge in [0.25, 0.3) is 0 Å². The van der Waals surface area contributed by atoms with Crippen LogP contribution in [0.25, 0.3) is 0 Å². The van der Waals surface area contributed by atoms with Gasteiger partial charge in [-0.05, 0) is 38.5 Å². The summed E-state index contributed by atoms with van der Waals surface area (Å²) in [5.74, 6) is -1.13. The summed E-state index contributed by atoms with van der Waals surface area (Å²) < 4.78 is 26.3. The van der Waals surface area contributed by atoms with Crippen LogP contribution >= 0.6 is 11.3 Å². The molecule has 1 aromatic heterocycles. The average Bonchev–Trinajstić information content (AvgIpc) is 2.84. The lowest BCUT2D eigenvalue weighted by Crippen LogP contribution is -2.38. The van der Waals surface area contributed by atoms with Gasteiger partial charge in [-0.1, -0.05) is 6.07 Å². The van der Waals surface area contributed by atoms with Crippen LogP contribution in [0.2, 0.25) is 0 Å². The first-order valence-electron chi connectivity index (χ1n) is 7.25. The second-order valence-electron chi connectivity index (χ2n) is 5.21. The van der Waals surface area contributed by atoms with Gasteiger partial charge >= 0.3 is 0 Å². The van der Waals surface area contributed by atoms with Crippen molar-refractivity contribution >= 4 is 17.3 Å². The predicted octanol–water partition coefficient (Wildman–Crippen LogP) is 3.46. The Labute approximate surface area is 138 Å². The van der Waals surface area contributed by atoms with E-state index in [1.54, 1.807) is 24.5 Å². The normalized spacial score (nSPS) is 13.0. The smallest absolute Gasteiger partial charge is 0.191 e. The molecule has 0 spiro atoms.